The first-order chi connectivity index (χ1) is 8.37. The molecular weight excluding hydrogens is 308 g/mol. The van der Waals surface area contributed by atoms with Gasteiger partial charge in [0.15, 0.2) is 5.79 Å². The van der Waals surface area contributed by atoms with Crippen LogP contribution in [0.15, 0.2) is 16.6 Å². The van der Waals surface area contributed by atoms with Crippen LogP contribution in [0.1, 0.15) is 13.8 Å². The Morgan fingerprint density at radius 1 is 1.28 bits per heavy atom. The number of hydrogen-bond donors (Lipinski definition) is 1. The Morgan fingerprint density at radius 3 is 2.44 bits per heavy atom. The Balaban J connectivity index is 2.07. The van der Waals surface area contributed by atoms with Gasteiger partial charge in [-0.25, -0.2) is 8.78 Å². The topological polar surface area (TPSA) is 30.5 Å². The summed E-state index contributed by atoms with van der Waals surface area (Å²) in [5, 5.41) is 2.94. The highest BCUT2D eigenvalue weighted by Crippen LogP contribution is 2.28. The van der Waals surface area contributed by atoms with Gasteiger partial charge in [0.2, 0.25) is 0 Å². The summed E-state index contributed by atoms with van der Waals surface area (Å²) in [6.45, 7) is 4.43. The molecule has 1 heterocycles. The zero-order valence-corrected chi connectivity index (χ0v) is 11.7. The molecule has 3 nitrogen and oxygen atoms in total. The van der Waals surface area contributed by atoms with E-state index < -0.39 is 17.4 Å². The maximum atomic E-state index is 13.6. The molecule has 0 aliphatic carbocycles. The second kappa shape index (κ2) is 5.11. The van der Waals surface area contributed by atoms with E-state index in [9.17, 15) is 8.78 Å². The molecule has 1 aliphatic rings. The average Bonchev–Trinajstić information content (AvgIpc) is 2.25. The van der Waals surface area contributed by atoms with Crippen molar-refractivity contribution in [2.24, 2.45) is 0 Å². The lowest BCUT2D eigenvalue weighted by atomic mass is 10.2. The largest absolute Gasteiger partial charge is 0.374 e. The van der Waals surface area contributed by atoms with Gasteiger partial charge in [-0.05, 0) is 35.8 Å². The Bertz CT molecular complexity index is 421. The fourth-order valence-electron chi connectivity index (χ4n) is 1.66. The van der Waals surface area contributed by atoms with Gasteiger partial charge >= 0.3 is 0 Å². The van der Waals surface area contributed by atoms with Crippen molar-refractivity contribution in [3.8, 4) is 0 Å². The third kappa shape index (κ3) is 3.18. The van der Waals surface area contributed by atoms with Crippen molar-refractivity contribution in [1.82, 2.24) is 0 Å². The highest BCUT2D eigenvalue weighted by Gasteiger charge is 2.28. The van der Waals surface area contributed by atoms with Gasteiger partial charge in [-0.1, -0.05) is 0 Å². The van der Waals surface area contributed by atoms with Crippen LogP contribution >= 0.6 is 15.9 Å². The van der Waals surface area contributed by atoms with Crippen molar-refractivity contribution in [1.29, 1.82) is 0 Å². The number of nitrogens with one attached hydrogen (secondary N) is 1. The molecule has 1 N–H and O–H groups in total. The first kappa shape index (κ1) is 13.7. The van der Waals surface area contributed by atoms with E-state index in [0.717, 1.165) is 6.07 Å². The molecule has 0 bridgehead atoms. The number of benzene rings is 1. The van der Waals surface area contributed by atoms with E-state index in [0.29, 0.717) is 17.7 Å². The van der Waals surface area contributed by atoms with Gasteiger partial charge in [0, 0.05) is 10.5 Å². The van der Waals surface area contributed by atoms with Crippen LogP contribution in [0.4, 0.5) is 14.5 Å². The summed E-state index contributed by atoms with van der Waals surface area (Å²) in [6, 6.07) is 1.87. The van der Waals surface area contributed by atoms with Gasteiger partial charge < -0.3 is 14.8 Å². The van der Waals surface area contributed by atoms with Crippen molar-refractivity contribution in [3.63, 3.8) is 0 Å². The fraction of sp³-hybridized carbons (Fsp3) is 0.500. The molecule has 1 aliphatic heterocycles. The van der Waals surface area contributed by atoms with E-state index in [1.54, 1.807) is 0 Å². The van der Waals surface area contributed by atoms with E-state index in [1.807, 2.05) is 13.8 Å². The standard InChI is InChI=1S/C12H14BrF2NO2/c1-12(2)17-5-8(6-18-12)16-11-9(13)3-7(14)4-10(11)15/h3-4,8,16H,5-6H2,1-2H3. The number of halogens is 3. The zero-order valence-electron chi connectivity index (χ0n) is 10.1. The van der Waals surface area contributed by atoms with E-state index in [-0.39, 0.29) is 11.7 Å². The van der Waals surface area contributed by atoms with Gasteiger partial charge in [-0.15, -0.1) is 0 Å². The summed E-state index contributed by atoms with van der Waals surface area (Å²) in [7, 11) is 0. The lowest BCUT2D eigenvalue weighted by Crippen LogP contribution is -2.45. The number of ether oxygens (including phenoxy) is 2. The molecule has 2 rings (SSSR count). The van der Waals surface area contributed by atoms with Gasteiger partial charge in [-0.2, -0.15) is 0 Å². The molecule has 0 saturated carbocycles. The van der Waals surface area contributed by atoms with Gasteiger partial charge in [0.1, 0.15) is 11.6 Å². The minimum Gasteiger partial charge on any atom is -0.374 e. The van der Waals surface area contributed by atoms with Crippen molar-refractivity contribution < 1.29 is 18.3 Å². The maximum Gasteiger partial charge on any atom is 0.162 e. The lowest BCUT2D eigenvalue weighted by molar-refractivity contribution is -0.247. The third-order valence-corrected chi connectivity index (χ3v) is 3.24. The first-order valence-corrected chi connectivity index (χ1v) is 6.36. The summed E-state index contributed by atoms with van der Waals surface area (Å²) < 4.78 is 37.8. The highest BCUT2D eigenvalue weighted by atomic mass is 79.9. The van der Waals surface area contributed by atoms with Crippen LogP contribution < -0.4 is 5.32 Å². The summed E-state index contributed by atoms with van der Waals surface area (Å²) in [5.41, 5.74) is 0.216. The normalized spacial score (nSPS) is 19.8. The SMILES string of the molecule is CC1(C)OCC(Nc2c(F)cc(F)cc2Br)CO1. The second-order valence-electron chi connectivity index (χ2n) is 4.61. The summed E-state index contributed by atoms with van der Waals surface area (Å²) in [5.74, 6) is -1.88. The van der Waals surface area contributed by atoms with Crippen LogP contribution in [-0.4, -0.2) is 25.0 Å². The zero-order chi connectivity index (χ0) is 13.3. The van der Waals surface area contributed by atoms with E-state index in [4.69, 9.17) is 9.47 Å². The molecule has 0 unspecified atom stereocenters. The summed E-state index contributed by atoms with van der Waals surface area (Å²) in [6.07, 6.45) is 0. The van der Waals surface area contributed by atoms with Crippen LogP contribution in [0.5, 0.6) is 0 Å². The van der Waals surface area contributed by atoms with E-state index in [1.165, 1.54) is 6.07 Å². The Hall–Kier alpha value is -0.720. The smallest absolute Gasteiger partial charge is 0.162 e. The van der Waals surface area contributed by atoms with Crippen LogP contribution in [0.3, 0.4) is 0 Å². The van der Waals surface area contributed by atoms with Crippen LogP contribution in [-0.2, 0) is 9.47 Å². The van der Waals surface area contributed by atoms with Crippen LogP contribution in [0, 0.1) is 11.6 Å². The van der Waals surface area contributed by atoms with Crippen molar-refractivity contribution in [3.05, 3.63) is 28.2 Å². The fourth-order valence-corrected chi connectivity index (χ4v) is 2.18. The molecule has 1 aromatic rings. The Morgan fingerprint density at radius 2 is 1.89 bits per heavy atom. The van der Waals surface area contributed by atoms with Crippen molar-refractivity contribution >= 4 is 21.6 Å². The molecule has 18 heavy (non-hydrogen) atoms. The monoisotopic (exact) mass is 321 g/mol. The third-order valence-electron chi connectivity index (χ3n) is 2.62. The van der Waals surface area contributed by atoms with Gasteiger partial charge in [-0.3, -0.25) is 0 Å². The predicted octanol–water partition coefficient (Wildman–Crippen LogP) is 3.29. The van der Waals surface area contributed by atoms with E-state index in [2.05, 4.69) is 21.2 Å². The van der Waals surface area contributed by atoms with Gasteiger partial charge in [0.05, 0.1) is 24.9 Å². The highest BCUT2D eigenvalue weighted by molar-refractivity contribution is 9.10. The quantitative estimate of drug-likeness (QED) is 0.906. The molecule has 0 radical (unpaired) electrons. The van der Waals surface area contributed by atoms with E-state index >= 15 is 0 Å². The Labute approximate surface area is 113 Å². The minimum absolute atomic E-state index is 0.172. The van der Waals surface area contributed by atoms with Crippen molar-refractivity contribution in [2.75, 3.05) is 18.5 Å². The molecule has 1 fully saturated rings. The molecule has 0 aromatic heterocycles. The Kier molecular flexibility index (Phi) is 3.89. The minimum atomic E-state index is -0.647. The maximum absolute atomic E-state index is 13.6. The first-order valence-electron chi connectivity index (χ1n) is 5.56. The predicted molar refractivity (Wildman–Crippen MR) is 67.5 cm³/mol. The van der Waals surface area contributed by atoms with Gasteiger partial charge in [0.25, 0.3) is 0 Å². The lowest BCUT2D eigenvalue weighted by Gasteiger charge is -2.35. The number of anilines is 1. The van der Waals surface area contributed by atoms with Crippen LogP contribution in [0.2, 0.25) is 0 Å². The van der Waals surface area contributed by atoms with Crippen molar-refractivity contribution in [2.45, 2.75) is 25.7 Å². The van der Waals surface area contributed by atoms with Crippen LogP contribution in [0.25, 0.3) is 0 Å². The summed E-state index contributed by atoms with van der Waals surface area (Å²) in [4.78, 5) is 0. The number of hydrogen-bond acceptors (Lipinski definition) is 3. The molecule has 0 atom stereocenters. The molecular formula is C12H14BrF2NO2. The molecule has 100 valence electrons. The molecule has 1 aromatic carbocycles. The summed E-state index contributed by atoms with van der Waals surface area (Å²) >= 11 is 3.12. The number of rotatable bonds is 2. The average molecular weight is 322 g/mol. The molecule has 1 saturated heterocycles. The second-order valence-corrected chi connectivity index (χ2v) is 5.46. The molecule has 0 spiro atoms. The molecule has 6 heteroatoms. The molecule has 0 amide bonds.